The lowest BCUT2D eigenvalue weighted by Gasteiger charge is -2.09. The molecule has 1 unspecified atom stereocenters. The average Bonchev–Trinajstić information content (AvgIpc) is 2.48. The molecule has 0 aliphatic heterocycles. The van der Waals surface area contributed by atoms with E-state index < -0.39 is 0 Å². The molecule has 3 heteroatoms. The van der Waals surface area contributed by atoms with Gasteiger partial charge in [0, 0.05) is 12.7 Å². The summed E-state index contributed by atoms with van der Waals surface area (Å²) in [6.45, 7) is 6.17. The molecule has 0 radical (unpaired) electrons. The van der Waals surface area contributed by atoms with Crippen LogP contribution in [0.2, 0.25) is 0 Å². The average molecular weight is 180 g/mol. The molecule has 72 valence electrons. The van der Waals surface area contributed by atoms with E-state index in [1.807, 2.05) is 23.8 Å². The number of allylic oxidation sites excluding steroid dienone is 1. The molecule has 1 aromatic rings. The van der Waals surface area contributed by atoms with Crippen LogP contribution in [0, 0.1) is 6.92 Å². The normalized spacial score (nSPS) is 12.8. The fourth-order valence-corrected chi connectivity index (χ4v) is 1.22. The first-order valence-electron chi connectivity index (χ1n) is 4.49. The summed E-state index contributed by atoms with van der Waals surface area (Å²) in [6.07, 6.45) is 6.81. The maximum atomic E-state index is 9.55. The van der Waals surface area contributed by atoms with Gasteiger partial charge in [-0.3, -0.25) is 0 Å². The van der Waals surface area contributed by atoms with Gasteiger partial charge in [0.25, 0.3) is 0 Å². The predicted molar refractivity (Wildman–Crippen MR) is 52.4 cm³/mol. The first-order chi connectivity index (χ1) is 6.22. The molecule has 1 aromatic heterocycles. The summed E-state index contributed by atoms with van der Waals surface area (Å²) >= 11 is 0. The summed E-state index contributed by atoms with van der Waals surface area (Å²) in [5, 5.41) is 9.55. The van der Waals surface area contributed by atoms with Crippen molar-refractivity contribution in [1.29, 1.82) is 0 Å². The van der Waals surface area contributed by atoms with Crippen LogP contribution < -0.4 is 0 Å². The number of nitrogens with zero attached hydrogens (tertiary/aromatic N) is 2. The Morgan fingerprint density at radius 2 is 2.54 bits per heavy atom. The summed E-state index contributed by atoms with van der Waals surface area (Å²) < 4.78 is 1.91. The van der Waals surface area contributed by atoms with Crippen molar-refractivity contribution in [2.45, 2.75) is 32.4 Å². The van der Waals surface area contributed by atoms with Crippen molar-refractivity contribution in [2.75, 3.05) is 0 Å². The van der Waals surface area contributed by atoms with Crippen LogP contribution >= 0.6 is 0 Å². The van der Waals surface area contributed by atoms with Crippen molar-refractivity contribution in [2.24, 2.45) is 0 Å². The number of hydrogen-bond acceptors (Lipinski definition) is 2. The SMILES string of the molecule is C=CCCC(O)Cn1cnc(C)c1. The summed E-state index contributed by atoms with van der Waals surface area (Å²) in [7, 11) is 0. The standard InChI is InChI=1S/C10H16N2O/c1-3-4-5-10(13)7-12-6-9(2)11-8-12/h3,6,8,10,13H,1,4-5,7H2,2H3. The maximum absolute atomic E-state index is 9.55. The molecule has 3 nitrogen and oxygen atoms in total. The Hall–Kier alpha value is -1.09. The smallest absolute Gasteiger partial charge is 0.0950 e. The first-order valence-corrected chi connectivity index (χ1v) is 4.49. The number of aryl methyl sites for hydroxylation is 1. The molecular weight excluding hydrogens is 164 g/mol. The Morgan fingerprint density at radius 3 is 3.08 bits per heavy atom. The Morgan fingerprint density at radius 1 is 1.77 bits per heavy atom. The molecule has 1 heterocycles. The van der Waals surface area contributed by atoms with Crippen molar-refractivity contribution >= 4 is 0 Å². The van der Waals surface area contributed by atoms with Crippen molar-refractivity contribution in [3.63, 3.8) is 0 Å². The monoisotopic (exact) mass is 180 g/mol. The Kier molecular flexibility index (Phi) is 3.71. The molecule has 1 N–H and O–H groups in total. The van der Waals surface area contributed by atoms with Crippen LogP contribution in [0.15, 0.2) is 25.2 Å². The minimum atomic E-state index is -0.299. The van der Waals surface area contributed by atoms with E-state index >= 15 is 0 Å². The second-order valence-electron chi connectivity index (χ2n) is 3.23. The van der Waals surface area contributed by atoms with Crippen LogP contribution in [0.25, 0.3) is 0 Å². The molecule has 1 rings (SSSR count). The summed E-state index contributed by atoms with van der Waals surface area (Å²) in [5.74, 6) is 0. The van der Waals surface area contributed by atoms with Gasteiger partial charge in [-0.25, -0.2) is 4.98 Å². The molecule has 1 atom stereocenters. The van der Waals surface area contributed by atoms with E-state index in [1.54, 1.807) is 6.33 Å². The molecule has 0 spiro atoms. The molecule has 0 amide bonds. The van der Waals surface area contributed by atoms with Gasteiger partial charge >= 0.3 is 0 Å². The number of aliphatic hydroxyl groups excluding tert-OH is 1. The topological polar surface area (TPSA) is 38.0 Å². The zero-order valence-electron chi connectivity index (χ0n) is 7.98. The van der Waals surface area contributed by atoms with E-state index in [1.165, 1.54) is 0 Å². The van der Waals surface area contributed by atoms with Gasteiger partial charge in [-0.1, -0.05) is 6.08 Å². The molecule has 0 aromatic carbocycles. The van der Waals surface area contributed by atoms with E-state index in [-0.39, 0.29) is 6.10 Å². The highest BCUT2D eigenvalue weighted by molar-refractivity contribution is 4.92. The minimum Gasteiger partial charge on any atom is -0.391 e. The fourth-order valence-electron chi connectivity index (χ4n) is 1.22. The molecule has 0 aliphatic rings. The lowest BCUT2D eigenvalue weighted by atomic mass is 10.2. The first kappa shape index (κ1) is 9.99. The number of rotatable bonds is 5. The van der Waals surface area contributed by atoms with Gasteiger partial charge in [0.05, 0.1) is 18.1 Å². The van der Waals surface area contributed by atoms with Crippen LogP contribution in [0.1, 0.15) is 18.5 Å². The molecule has 0 bridgehead atoms. The molecule has 0 saturated carbocycles. The fraction of sp³-hybridized carbons (Fsp3) is 0.500. The van der Waals surface area contributed by atoms with Gasteiger partial charge in [-0.05, 0) is 19.8 Å². The second kappa shape index (κ2) is 4.82. The maximum Gasteiger partial charge on any atom is 0.0950 e. The van der Waals surface area contributed by atoms with E-state index in [0.29, 0.717) is 6.54 Å². The van der Waals surface area contributed by atoms with Gasteiger partial charge in [-0.2, -0.15) is 0 Å². The Balaban J connectivity index is 2.35. The van der Waals surface area contributed by atoms with Crippen molar-refractivity contribution in [3.05, 3.63) is 30.9 Å². The second-order valence-corrected chi connectivity index (χ2v) is 3.23. The number of imidazole rings is 1. The summed E-state index contributed by atoms with van der Waals surface area (Å²) in [4.78, 5) is 4.08. The van der Waals surface area contributed by atoms with E-state index in [0.717, 1.165) is 18.5 Å². The van der Waals surface area contributed by atoms with Crippen LogP contribution in [-0.4, -0.2) is 20.8 Å². The van der Waals surface area contributed by atoms with Gasteiger partial charge in [-0.15, -0.1) is 6.58 Å². The number of aromatic nitrogens is 2. The molecule has 0 fully saturated rings. The zero-order valence-corrected chi connectivity index (χ0v) is 7.98. The minimum absolute atomic E-state index is 0.299. The third kappa shape index (κ3) is 3.42. The lowest BCUT2D eigenvalue weighted by molar-refractivity contribution is 0.145. The highest BCUT2D eigenvalue weighted by Gasteiger charge is 2.03. The van der Waals surface area contributed by atoms with Crippen LogP contribution in [-0.2, 0) is 6.54 Å². The third-order valence-corrected chi connectivity index (χ3v) is 1.89. The molecule has 0 saturated heterocycles. The summed E-state index contributed by atoms with van der Waals surface area (Å²) in [6, 6.07) is 0. The predicted octanol–water partition coefficient (Wildman–Crippen LogP) is 1.52. The Labute approximate surface area is 78.7 Å². The van der Waals surface area contributed by atoms with Crippen molar-refractivity contribution < 1.29 is 5.11 Å². The van der Waals surface area contributed by atoms with E-state index in [2.05, 4.69) is 11.6 Å². The molecule has 0 aliphatic carbocycles. The summed E-state index contributed by atoms with van der Waals surface area (Å²) in [5.41, 5.74) is 0.982. The van der Waals surface area contributed by atoms with E-state index in [9.17, 15) is 5.11 Å². The van der Waals surface area contributed by atoms with Crippen LogP contribution in [0.4, 0.5) is 0 Å². The van der Waals surface area contributed by atoms with Gasteiger partial charge in [0.2, 0.25) is 0 Å². The van der Waals surface area contributed by atoms with Crippen molar-refractivity contribution in [1.82, 2.24) is 9.55 Å². The molecule has 13 heavy (non-hydrogen) atoms. The highest BCUT2D eigenvalue weighted by Crippen LogP contribution is 2.02. The van der Waals surface area contributed by atoms with Gasteiger partial charge in [0.15, 0.2) is 0 Å². The molecular formula is C10H16N2O. The van der Waals surface area contributed by atoms with Crippen LogP contribution in [0.5, 0.6) is 0 Å². The Bertz CT molecular complexity index is 268. The quantitative estimate of drug-likeness (QED) is 0.698. The third-order valence-electron chi connectivity index (χ3n) is 1.89. The van der Waals surface area contributed by atoms with Crippen molar-refractivity contribution in [3.8, 4) is 0 Å². The van der Waals surface area contributed by atoms with E-state index in [4.69, 9.17) is 0 Å². The van der Waals surface area contributed by atoms with Gasteiger partial charge in [0.1, 0.15) is 0 Å². The van der Waals surface area contributed by atoms with Crippen LogP contribution in [0.3, 0.4) is 0 Å². The lowest BCUT2D eigenvalue weighted by Crippen LogP contribution is -2.14. The largest absolute Gasteiger partial charge is 0.391 e. The number of aliphatic hydroxyl groups is 1. The highest BCUT2D eigenvalue weighted by atomic mass is 16.3. The van der Waals surface area contributed by atoms with Gasteiger partial charge < -0.3 is 9.67 Å². The number of hydrogen-bond donors (Lipinski definition) is 1. The zero-order chi connectivity index (χ0) is 9.68.